The summed E-state index contributed by atoms with van der Waals surface area (Å²) in [5.41, 5.74) is 2.10. The first-order chi connectivity index (χ1) is 10.2. The van der Waals surface area contributed by atoms with Crippen molar-refractivity contribution in [2.75, 3.05) is 25.0 Å². The molecule has 4 nitrogen and oxygen atoms in total. The van der Waals surface area contributed by atoms with Gasteiger partial charge in [-0.2, -0.15) is 0 Å². The molecule has 1 amide bonds. The molecule has 110 valence electrons. The number of nitrogens with zero attached hydrogens (tertiary/aromatic N) is 2. The Bertz CT molecular complexity index is 648. The third-order valence-corrected chi connectivity index (χ3v) is 4.00. The fourth-order valence-corrected chi connectivity index (χ4v) is 2.81. The Labute approximate surface area is 125 Å². The number of fused-ring (bicyclic) bond motifs is 1. The Morgan fingerprint density at radius 3 is 2.86 bits per heavy atom. The monoisotopic (exact) mass is 283 g/mol. The van der Waals surface area contributed by atoms with Gasteiger partial charge in [0.1, 0.15) is 5.82 Å². The Hall–Kier alpha value is -2.10. The predicted octanol–water partition coefficient (Wildman–Crippen LogP) is 2.97. The summed E-state index contributed by atoms with van der Waals surface area (Å²) in [5.74, 6) is 1.13. The molecule has 1 aromatic carbocycles. The first-order valence-corrected chi connectivity index (χ1v) is 7.62. The number of rotatable bonds is 4. The highest BCUT2D eigenvalue weighted by molar-refractivity contribution is 5.81. The van der Waals surface area contributed by atoms with Crippen molar-refractivity contribution in [2.45, 2.75) is 26.2 Å². The maximum absolute atomic E-state index is 12.0. The van der Waals surface area contributed by atoms with Gasteiger partial charge in [0.25, 0.3) is 0 Å². The quantitative estimate of drug-likeness (QED) is 0.938. The number of aryl methyl sites for hydroxylation is 1. The lowest BCUT2D eigenvalue weighted by Crippen LogP contribution is -2.29. The molecule has 1 saturated heterocycles. The predicted molar refractivity (Wildman–Crippen MR) is 85.4 cm³/mol. The van der Waals surface area contributed by atoms with E-state index in [9.17, 15) is 4.79 Å². The number of benzene rings is 1. The Morgan fingerprint density at radius 1 is 1.29 bits per heavy atom. The molecule has 1 aliphatic rings. The van der Waals surface area contributed by atoms with Crippen molar-refractivity contribution in [3.05, 3.63) is 35.9 Å². The van der Waals surface area contributed by atoms with Gasteiger partial charge in [-0.3, -0.25) is 4.79 Å². The molecule has 0 saturated carbocycles. The molecule has 0 radical (unpaired) electrons. The van der Waals surface area contributed by atoms with Crippen molar-refractivity contribution in [2.24, 2.45) is 0 Å². The van der Waals surface area contributed by atoms with E-state index in [0.29, 0.717) is 13.0 Å². The van der Waals surface area contributed by atoms with Crippen LogP contribution in [-0.4, -0.2) is 35.4 Å². The number of hydrogen-bond donors (Lipinski definition) is 1. The minimum atomic E-state index is 0.249. The second-order valence-electron chi connectivity index (χ2n) is 5.61. The van der Waals surface area contributed by atoms with Gasteiger partial charge in [-0.25, -0.2) is 4.98 Å². The number of carbonyl (C=O) groups excluding carboxylic acids is 1. The van der Waals surface area contributed by atoms with E-state index in [1.165, 1.54) is 0 Å². The minimum Gasteiger partial charge on any atom is -0.369 e. The minimum absolute atomic E-state index is 0.249. The fraction of sp³-hybridized carbons (Fsp3) is 0.412. The fourth-order valence-electron chi connectivity index (χ4n) is 2.81. The zero-order valence-corrected chi connectivity index (χ0v) is 12.4. The number of likely N-dealkylation sites (tertiary alicyclic amines) is 1. The zero-order chi connectivity index (χ0) is 14.7. The second-order valence-corrected chi connectivity index (χ2v) is 5.61. The summed E-state index contributed by atoms with van der Waals surface area (Å²) in [5, 5.41) is 4.45. The van der Waals surface area contributed by atoms with Crippen LogP contribution in [0.1, 0.15) is 24.8 Å². The van der Waals surface area contributed by atoms with Gasteiger partial charge in [-0.1, -0.05) is 18.2 Å². The average molecular weight is 283 g/mol. The Balaban J connectivity index is 1.62. The van der Waals surface area contributed by atoms with E-state index >= 15 is 0 Å². The number of amides is 1. The molecule has 0 aliphatic carbocycles. The van der Waals surface area contributed by atoms with Gasteiger partial charge in [0.15, 0.2) is 0 Å². The van der Waals surface area contributed by atoms with E-state index in [4.69, 9.17) is 0 Å². The Morgan fingerprint density at radius 2 is 2.05 bits per heavy atom. The highest BCUT2D eigenvalue weighted by Crippen LogP contribution is 2.19. The van der Waals surface area contributed by atoms with Crippen molar-refractivity contribution >= 4 is 22.6 Å². The number of hydrogen-bond acceptors (Lipinski definition) is 3. The molecule has 1 aliphatic heterocycles. The number of anilines is 1. The molecule has 0 spiro atoms. The molecular formula is C17H21N3O. The van der Waals surface area contributed by atoms with Crippen LogP contribution in [0.15, 0.2) is 30.3 Å². The molecule has 0 bridgehead atoms. The molecule has 0 atom stereocenters. The van der Waals surface area contributed by atoms with Crippen molar-refractivity contribution in [1.82, 2.24) is 9.88 Å². The van der Waals surface area contributed by atoms with Crippen LogP contribution in [0.2, 0.25) is 0 Å². The van der Waals surface area contributed by atoms with Crippen LogP contribution in [0.5, 0.6) is 0 Å². The maximum atomic E-state index is 12.0. The SMILES string of the molecule is Cc1cc2ccccc2nc1NCCC(=O)N1CCCC1. The molecule has 2 aromatic rings. The van der Waals surface area contributed by atoms with Crippen LogP contribution < -0.4 is 5.32 Å². The van der Waals surface area contributed by atoms with Crippen molar-refractivity contribution in [3.8, 4) is 0 Å². The van der Waals surface area contributed by atoms with Crippen LogP contribution in [0.25, 0.3) is 10.9 Å². The summed E-state index contributed by atoms with van der Waals surface area (Å²) in [7, 11) is 0. The summed E-state index contributed by atoms with van der Waals surface area (Å²) in [6.07, 6.45) is 2.82. The van der Waals surface area contributed by atoms with Crippen molar-refractivity contribution in [3.63, 3.8) is 0 Å². The molecule has 21 heavy (non-hydrogen) atoms. The van der Waals surface area contributed by atoms with E-state index < -0.39 is 0 Å². The van der Waals surface area contributed by atoms with Gasteiger partial charge < -0.3 is 10.2 Å². The van der Waals surface area contributed by atoms with Crippen molar-refractivity contribution < 1.29 is 4.79 Å². The van der Waals surface area contributed by atoms with Crippen LogP contribution in [-0.2, 0) is 4.79 Å². The van der Waals surface area contributed by atoms with E-state index in [1.807, 2.05) is 30.0 Å². The normalized spacial score (nSPS) is 14.6. The largest absolute Gasteiger partial charge is 0.369 e. The van der Waals surface area contributed by atoms with E-state index in [1.54, 1.807) is 0 Å². The lowest BCUT2D eigenvalue weighted by molar-refractivity contribution is -0.129. The maximum Gasteiger partial charge on any atom is 0.224 e. The van der Waals surface area contributed by atoms with Crippen LogP contribution in [0, 0.1) is 6.92 Å². The van der Waals surface area contributed by atoms with Crippen LogP contribution >= 0.6 is 0 Å². The lowest BCUT2D eigenvalue weighted by Gasteiger charge is -2.16. The lowest BCUT2D eigenvalue weighted by atomic mass is 10.1. The van der Waals surface area contributed by atoms with E-state index in [0.717, 1.165) is 48.2 Å². The highest BCUT2D eigenvalue weighted by atomic mass is 16.2. The van der Waals surface area contributed by atoms with Gasteiger partial charge >= 0.3 is 0 Å². The third kappa shape index (κ3) is 3.15. The number of nitrogens with one attached hydrogen (secondary N) is 1. The summed E-state index contributed by atoms with van der Waals surface area (Å²) in [4.78, 5) is 18.6. The number of para-hydroxylation sites is 1. The average Bonchev–Trinajstić information content (AvgIpc) is 3.02. The molecule has 0 unspecified atom stereocenters. The molecule has 1 aromatic heterocycles. The number of carbonyl (C=O) groups is 1. The molecule has 1 fully saturated rings. The first-order valence-electron chi connectivity index (χ1n) is 7.62. The van der Waals surface area contributed by atoms with Gasteiger partial charge in [0, 0.05) is 31.4 Å². The smallest absolute Gasteiger partial charge is 0.224 e. The van der Waals surface area contributed by atoms with E-state index in [2.05, 4.69) is 22.4 Å². The summed E-state index contributed by atoms with van der Waals surface area (Å²) >= 11 is 0. The van der Waals surface area contributed by atoms with Gasteiger partial charge in [-0.05, 0) is 37.5 Å². The number of pyridine rings is 1. The molecule has 3 rings (SSSR count). The molecular weight excluding hydrogens is 262 g/mol. The first kappa shape index (κ1) is 13.9. The number of aromatic nitrogens is 1. The van der Waals surface area contributed by atoms with Crippen molar-refractivity contribution in [1.29, 1.82) is 0 Å². The summed E-state index contributed by atoms with van der Waals surface area (Å²) in [6.45, 7) is 4.53. The standard InChI is InChI=1S/C17H21N3O/c1-13-12-14-6-2-3-7-15(14)19-17(13)18-9-8-16(21)20-10-4-5-11-20/h2-3,6-7,12H,4-5,8-11H2,1H3,(H,18,19). The van der Waals surface area contributed by atoms with Gasteiger partial charge in [-0.15, -0.1) is 0 Å². The second kappa shape index (κ2) is 6.12. The zero-order valence-electron chi connectivity index (χ0n) is 12.4. The highest BCUT2D eigenvalue weighted by Gasteiger charge is 2.17. The molecule has 1 N–H and O–H groups in total. The topological polar surface area (TPSA) is 45.2 Å². The molecule has 4 heteroatoms. The van der Waals surface area contributed by atoms with Crippen LogP contribution in [0.3, 0.4) is 0 Å². The van der Waals surface area contributed by atoms with E-state index in [-0.39, 0.29) is 5.91 Å². The van der Waals surface area contributed by atoms with Gasteiger partial charge in [0.05, 0.1) is 5.52 Å². The third-order valence-electron chi connectivity index (χ3n) is 4.00. The summed E-state index contributed by atoms with van der Waals surface area (Å²) < 4.78 is 0. The van der Waals surface area contributed by atoms with Crippen LogP contribution in [0.4, 0.5) is 5.82 Å². The Kier molecular flexibility index (Phi) is 4.04. The van der Waals surface area contributed by atoms with Gasteiger partial charge in [0.2, 0.25) is 5.91 Å². The summed E-state index contributed by atoms with van der Waals surface area (Å²) in [6, 6.07) is 10.2. The molecule has 2 heterocycles.